The van der Waals surface area contributed by atoms with Crippen LogP contribution in [0.3, 0.4) is 0 Å². The lowest BCUT2D eigenvalue weighted by Gasteiger charge is -2.19. The molecule has 0 aromatic heterocycles. The maximum absolute atomic E-state index is 10.9. The Bertz CT molecular complexity index is 188. The molecule has 0 aliphatic carbocycles. The lowest BCUT2D eigenvalue weighted by atomic mass is 9.85. The van der Waals surface area contributed by atoms with Crippen LogP contribution in [0.2, 0.25) is 6.82 Å². The molecular formula is C8H16BNO4. The summed E-state index contributed by atoms with van der Waals surface area (Å²) in [6.07, 6.45) is 0.330. The summed E-state index contributed by atoms with van der Waals surface area (Å²) in [4.78, 5) is 23.4. The van der Waals surface area contributed by atoms with Crippen molar-refractivity contribution in [1.82, 2.24) is 4.81 Å². The van der Waals surface area contributed by atoms with Gasteiger partial charge in [-0.05, 0) is 13.9 Å². The van der Waals surface area contributed by atoms with Gasteiger partial charge < -0.3 is 9.39 Å². The van der Waals surface area contributed by atoms with Crippen LogP contribution in [0.5, 0.6) is 0 Å². The van der Waals surface area contributed by atoms with E-state index in [-0.39, 0.29) is 18.5 Å². The van der Waals surface area contributed by atoms with Crippen molar-refractivity contribution in [2.75, 3.05) is 20.7 Å². The second kappa shape index (κ2) is 6.42. The second-order valence-electron chi connectivity index (χ2n) is 2.93. The van der Waals surface area contributed by atoms with Gasteiger partial charge in [-0.3, -0.25) is 14.4 Å². The van der Waals surface area contributed by atoms with Crippen LogP contribution >= 0.6 is 0 Å². The maximum atomic E-state index is 10.9. The Hall–Kier alpha value is -1.04. The molecule has 6 heteroatoms. The highest BCUT2D eigenvalue weighted by molar-refractivity contribution is 6.49. The number of carbonyl (C=O) groups is 2. The first kappa shape index (κ1) is 13.0. The van der Waals surface area contributed by atoms with E-state index in [9.17, 15) is 9.59 Å². The zero-order valence-electron chi connectivity index (χ0n) is 9.07. The fourth-order valence-corrected chi connectivity index (χ4v) is 0.760. The highest BCUT2D eigenvalue weighted by Crippen LogP contribution is 1.96. The van der Waals surface area contributed by atoms with Crippen molar-refractivity contribution < 1.29 is 19.0 Å². The molecule has 0 N–H and O–H groups in total. The zero-order chi connectivity index (χ0) is 11.1. The van der Waals surface area contributed by atoms with Crippen LogP contribution in [0.25, 0.3) is 0 Å². The topological polar surface area (TPSA) is 55.8 Å². The van der Waals surface area contributed by atoms with E-state index in [1.807, 2.05) is 0 Å². The van der Waals surface area contributed by atoms with Crippen LogP contribution in [0, 0.1) is 0 Å². The molecule has 0 rings (SSSR count). The standard InChI is InChI=1S/C8H16BNO4/c1-5-7(11)14-9(2)10(3)6-8(12)13-4/h5-6H2,1-4H3. The minimum absolute atomic E-state index is 0.106. The van der Waals surface area contributed by atoms with E-state index in [0.717, 1.165) is 0 Å². The van der Waals surface area contributed by atoms with Crippen LogP contribution in [-0.4, -0.2) is 44.5 Å². The average Bonchev–Trinajstić information content (AvgIpc) is 2.17. The largest absolute Gasteiger partial charge is 0.520 e. The molecule has 0 aromatic carbocycles. The Kier molecular flexibility index (Phi) is 5.95. The van der Waals surface area contributed by atoms with Crippen molar-refractivity contribution >= 4 is 19.0 Å². The van der Waals surface area contributed by atoms with Crippen LogP contribution in [0.4, 0.5) is 0 Å². The van der Waals surface area contributed by atoms with Gasteiger partial charge in [-0.2, -0.15) is 0 Å². The summed E-state index contributed by atoms with van der Waals surface area (Å²) in [6, 6.07) is 0. The predicted octanol–water partition coefficient (Wildman–Crippen LogP) is 0.162. The van der Waals surface area contributed by atoms with Crippen LogP contribution in [-0.2, 0) is 19.0 Å². The van der Waals surface area contributed by atoms with Gasteiger partial charge in [0.05, 0.1) is 13.7 Å². The Morgan fingerprint density at radius 3 is 2.36 bits per heavy atom. The third-order valence-corrected chi connectivity index (χ3v) is 1.82. The molecule has 0 heterocycles. The predicted molar refractivity (Wildman–Crippen MR) is 52.6 cm³/mol. The Morgan fingerprint density at radius 2 is 1.93 bits per heavy atom. The minimum Gasteiger partial charge on any atom is -0.520 e. The van der Waals surface area contributed by atoms with E-state index in [1.165, 1.54) is 7.11 Å². The third kappa shape index (κ3) is 4.86. The number of methoxy groups -OCH3 is 1. The van der Waals surface area contributed by atoms with Gasteiger partial charge in [0.15, 0.2) is 0 Å². The van der Waals surface area contributed by atoms with Gasteiger partial charge in [-0.25, -0.2) is 0 Å². The quantitative estimate of drug-likeness (QED) is 0.468. The summed E-state index contributed by atoms with van der Waals surface area (Å²) in [6.45, 7) is 3.53. The molecule has 14 heavy (non-hydrogen) atoms. The van der Waals surface area contributed by atoms with E-state index < -0.39 is 7.05 Å². The zero-order valence-corrected chi connectivity index (χ0v) is 9.07. The molecule has 0 atom stereocenters. The SMILES string of the molecule is CCC(=O)OB(C)N(C)CC(=O)OC. The summed E-state index contributed by atoms with van der Waals surface area (Å²) in [5, 5.41) is 0. The molecule has 0 aromatic rings. The number of hydrogen-bond acceptors (Lipinski definition) is 5. The third-order valence-electron chi connectivity index (χ3n) is 1.82. The van der Waals surface area contributed by atoms with Crippen molar-refractivity contribution in [3.8, 4) is 0 Å². The highest BCUT2D eigenvalue weighted by atomic mass is 16.5. The van der Waals surface area contributed by atoms with Crippen LogP contribution in [0.15, 0.2) is 0 Å². The molecule has 0 saturated carbocycles. The molecule has 0 bridgehead atoms. The van der Waals surface area contributed by atoms with Gasteiger partial charge in [-0.1, -0.05) is 6.92 Å². The van der Waals surface area contributed by atoms with Gasteiger partial charge in [-0.15, -0.1) is 0 Å². The lowest BCUT2D eigenvalue weighted by molar-refractivity contribution is -0.141. The first-order chi connectivity index (χ1) is 6.51. The summed E-state index contributed by atoms with van der Waals surface area (Å²) in [7, 11) is 2.59. The van der Waals surface area contributed by atoms with Crippen LogP contribution in [0.1, 0.15) is 13.3 Å². The number of nitrogens with zero attached hydrogens (tertiary/aromatic N) is 1. The fourth-order valence-electron chi connectivity index (χ4n) is 0.760. The fraction of sp³-hybridized carbons (Fsp3) is 0.750. The van der Waals surface area contributed by atoms with Crippen molar-refractivity contribution in [1.29, 1.82) is 0 Å². The normalized spacial score (nSPS) is 9.79. The minimum atomic E-state index is -0.415. The first-order valence-corrected chi connectivity index (χ1v) is 4.47. The number of hydrogen-bond donors (Lipinski definition) is 0. The summed E-state index contributed by atoms with van der Waals surface area (Å²) >= 11 is 0. The number of esters is 1. The summed E-state index contributed by atoms with van der Waals surface area (Å²) < 4.78 is 9.47. The van der Waals surface area contributed by atoms with Gasteiger partial charge in [0.2, 0.25) is 0 Å². The van der Waals surface area contributed by atoms with Gasteiger partial charge in [0, 0.05) is 6.42 Å². The number of carbonyl (C=O) groups excluding carboxylic acids is 2. The maximum Gasteiger partial charge on any atom is 0.448 e. The average molecular weight is 201 g/mol. The number of ether oxygens (including phenoxy) is 1. The monoisotopic (exact) mass is 201 g/mol. The first-order valence-electron chi connectivity index (χ1n) is 4.47. The molecule has 0 aliphatic rings. The molecule has 0 amide bonds. The smallest absolute Gasteiger partial charge is 0.448 e. The molecule has 0 unspecified atom stereocenters. The van der Waals surface area contributed by atoms with E-state index in [2.05, 4.69) is 4.74 Å². The number of likely N-dealkylation sites (N-methyl/N-ethyl adjacent to an activating group) is 1. The van der Waals surface area contributed by atoms with Crippen molar-refractivity contribution in [2.45, 2.75) is 20.2 Å². The van der Waals surface area contributed by atoms with Gasteiger partial charge >= 0.3 is 13.0 Å². The van der Waals surface area contributed by atoms with Crippen molar-refractivity contribution in [2.24, 2.45) is 0 Å². The highest BCUT2D eigenvalue weighted by Gasteiger charge is 2.22. The lowest BCUT2D eigenvalue weighted by Crippen LogP contribution is -2.41. The van der Waals surface area contributed by atoms with Crippen molar-refractivity contribution in [3.63, 3.8) is 0 Å². The molecule has 0 radical (unpaired) electrons. The molecule has 0 spiro atoms. The molecule has 5 nitrogen and oxygen atoms in total. The molecule has 0 aliphatic heterocycles. The number of rotatable bonds is 5. The Morgan fingerprint density at radius 1 is 1.36 bits per heavy atom. The van der Waals surface area contributed by atoms with E-state index in [0.29, 0.717) is 6.42 Å². The van der Waals surface area contributed by atoms with E-state index in [4.69, 9.17) is 4.65 Å². The Balaban J connectivity index is 3.92. The summed E-state index contributed by atoms with van der Waals surface area (Å²) in [5.41, 5.74) is 0. The van der Waals surface area contributed by atoms with E-state index >= 15 is 0 Å². The van der Waals surface area contributed by atoms with Gasteiger partial charge in [0.1, 0.15) is 0 Å². The summed E-state index contributed by atoms with van der Waals surface area (Å²) in [5.74, 6) is -0.638. The molecule has 0 fully saturated rings. The van der Waals surface area contributed by atoms with E-state index in [1.54, 1.807) is 25.6 Å². The van der Waals surface area contributed by atoms with Crippen molar-refractivity contribution in [3.05, 3.63) is 0 Å². The van der Waals surface area contributed by atoms with Crippen LogP contribution < -0.4 is 0 Å². The van der Waals surface area contributed by atoms with Gasteiger partial charge in [0.25, 0.3) is 5.97 Å². The molecular weight excluding hydrogens is 185 g/mol. The Labute approximate surface area is 84.5 Å². The molecule has 80 valence electrons. The molecule has 0 saturated heterocycles. The second-order valence-corrected chi connectivity index (χ2v) is 2.93.